The molecule has 1 aromatic carbocycles. The Morgan fingerprint density at radius 1 is 1.32 bits per heavy atom. The maximum Gasteiger partial charge on any atom is 0.0408 e. The number of nitrogens with one attached hydrogen (secondary N) is 1. The van der Waals surface area contributed by atoms with E-state index in [0.29, 0.717) is 12.0 Å². The van der Waals surface area contributed by atoms with E-state index in [0.717, 1.165) is 13.1 Å². The van der Waals surface area contributed by atoms with Crippen molar-refractivity contribution in [2.75, 3.05) is 11.4 Å². The van der Waals surface area contributed by atoms with E-state index in [-0.39, 0.29) is 5.54 Å². The highest BCUT2D eigenvalue weighted by atomic mass is 15.2. The molecule has 0 amide bonds. The third-order valence-corrected chi connectivity index (χ3v) is 4.99. The number of rotatable bonds is 5. The van der Waals surface area contributed by atoms with Crippen LogP contribution in [-0.2, 0) is 6.54 Å². The van der Waals surface area contributed by atoms with Crippen molar-refractivity contribution in [1.29, 1.82) is 0 Å². The Morgan fingerprint density at radius 3 is 2.59 bits per heavy atom. The highest BCUT2D eigenvalue weighted by Gasteiger charge is 2.36. The molecule has 1 N–H and O–H groups in total. The van der Waals surface area contributed by atoms with E-state index in [1.54, 1.807) is 5.56 Å². The van der Waals surface area contributed by atoms with Crippen LogP contribution in [0.2, 0.25) is 0 Å². The number of aryl methyl sites for hydroxylation is 1. The lowest BCUT2D eigenvalue weighted by Gasteiger charge is -2.48. The van der Waals surface area contributed by atoms with Gasteiger partial charge in [-0.2, -0.15) is 0 Å². The number of nitrogens with zero attached hydrogens (tertiary/aromatic N) is 1. The maximum atomic E-state index is 3.56. The summed E-state index contributed by atoms with van der Waals surface area (Å²) in [6.07, 6.45) is 2.44. The Bertz CT molecular complexity index is 517. The molecule has 0 radical (unpaired) electrons. The van der Waals surface area contributed by atoms with Crippen molar-refractivity contribution in [3.05, 3.63) is 28.8 Å². The van der Waals surface area contributed by atoms with Gasteiger partial charge in [-0.05, 0) is 62.3 Å². The van der Waals surface area contributed by atoms with Gasteiger partial charge in [0, 0.05) is 30.4 Å². The van der Waals surface area contributed by atoms with E-state index in [4.69, 9.17) is 0 Å². The standard InChI is InChI=1S/C20H34N2/c1-8-9-22-19-10-15(4)17(13-21-14(2)3)11-18(19)16(5)12-20(22,6)7/h10-11,14,16,21H,8-9,12-13H2,1-7H3/t16-/m0/s1. The molecule has 1 aromatic rings. The van der Waals surface area contributed by atoms with Gasteiger partial charge in [-0.3, -0.25) is 0 Å². The monoisotopic (exact) mass is 302 g/mol. The molecule has 1 aliphatic rings. The molecule has 0 saturated carbocycles. The second kappa shape index (κ2) is 6.62. The van der Waals surface area contributed by atoms with Gasteiger partial charge in [0.1, 0.15) is 0 Å². The lowest BCUT2D eigenvalue weighted by atomic mass is 9.79. The largest absolute Gasteiger partial charge is 0.366 e. The molecule has 0 aliphatic carbocycles. The third kappa shape index (κ3) is 3.48. The zero-order valence-corrected chi connectivity index (χ0v) is 15.6. The van der Waals surface area contributed by atoms with Crippen molar-refractivity contribution in [3.8, 4) is 0 Å². The van der Waals surface area contributed by atoms with E-state index in [1.165, 1.54) is 29.7 Å². The van der Waals surface area contributed by atoms with E-state index >= 15 is 0 Å². The highest BCUT2D eigenvalue weighted by molar-refractivity contribution is 5.62. The number of fused-ring (bicyclic) bond motifs is 1. The van der Waals surface area contributed by atoms with Crippen LogP contribution in [0.5, 0.6) is 0 Å². The maximum absolute atomic E-state index is 3.56. The number of hydrogen-bond donors (Lipinski definition) is 1. The van der Waals surface area contributed by atoms with Gasteiger partial charge in [-0.25, -0.2) is 0 Å². The van der Waals surface area contributed by atoms with Crippen molar-refractivity contribution < 1.29 is 0 Å². The molecule has 1 atom stereocenters. The molecule has 1 aliphatic heterocycles. The van der Waals surface area contributed by atoms with Gasteiger partial charge >= 0.3 is 0 Å². The van der Waals surface area contributed by atoms with Crippen LogP contribution in [0.15, 0.2) is 12.1 Å². The average Bonchev–Trinajstić information content (AvgIpc) is 2.41. The Labute approximate surface area is 137 Å². The summed E-state index contributed by atoms with van der Waals surface area (Å²) in [6, 6.07) is 5.42. The Hall–Kier alpha value is -1.02. The van der Waals surface area contributed by atoms with Crippen molar-refractivity contribution in [2.24, 2.45) is 0 Å². The lowest BCUT2D eigenvalue weighted by molar-refractivity contribution is 0.376. The van der Waals surface area contributed by atoms with Crippen LogP contribution in [0, 0.1) is 6.92 Å². The summed E-state index contributed by atoms with van der Waals surface area (Å²) in [6.45, 7) is 18.3. The molecule has 124 valence electrons. The first-order valence-corrected chi connectivity index (χ1v) is 8.90. The molecular formula is C20H34N2. The third-order valence-electron chi connectivity index (χ3n) is 4.99. The fraction of sp³-hybridized carbons (Fsp3) is 0.700. The predicted octanol–water partition coefficient (Wildman–Crippen LogP) is 5.00. The van der Waals surface area contributed by atoms with Crippen LogP contribution in [0.1, 0.15) is 77.0 Å². The Balaban J connectivity index is 2.41. The van der Waals surface area contributed by atoms with E-state index in [9.17, 15) is 0 Å². The van der Waals surface area contributed by atoms with Crippen LogP contribution >= 0.6 is 0 Å². The van der Waals surface area contributed by atoms with Crippen molar-refractivity contribution in [1.82, 2.24) is 5.32 Å². The molecule has 2 rings (SSSR count). The van der Waals surface area contributed by atoms with Crippen molar-refractivity contribution >= 4 is 5.69 Å². The highest BCUT2D eigenvalue weighted by Crippen LogP contribution is 2.44. The lowest BCUT2D eigenvalue weighted by Crippen LogP contribution is -2.48. The molecule has 0 fully saturated rings. The summed E-state index contributed by atoms with van der Waals surface area (Å²) in [4.78, 5) is 2.63. The van der Waals surface area contributed by atoms with Crippen LogP contribution in [0.4, 0.5) is 5.69 Å². The minimum absolute atomic E-state index is 0.257. The Morgan fingerprint density at radius 2 is 2.00 bits per heavy atom. The van der Waals surface area contributed by atoms with Gasteiger partial charge in [0.05, 0.1) is 0 Å². The van der Waals surface area contributed by atoms with Crippen LogP contribution in [0.25, 0.3) is 0 Å². The summed E-state index contributed by atoms with van der Waals surface area (Å²) in [5.41, 5.74) is 6.13. The predicted molar refractivity (Wildman–Crippen MR) is 97.9 cm³/mol. The SMILES string of the molecule is CCCN1c2cc(C)c(CNC(C)C)cc2[C@@H](C)CC1(C)C. The second-order valence-electron chi connectivity index (χ2n) is 7.94. The van der Waals surface area contributed by atoms with Gasteiger partial charge in [-0.1, -0.05) is 33.8 Å². The average molecular weight is 303 g/mol. The smallest absolute Gasteiger partial charge is 0.0408 e. The summed E-state index contributed by atoms with van der Waals surface area (Å²) < 4.78 is 0. The van der Waals surface area contributed by atoms with Gasteiger partial charge in [-0.15, -0.1) is 0 Å². The molecule has 2 nitrogen and oxygen atoms in total. The minimum Gasteiger partial charge on any atom is -0.366 e. The first-order chi connectivity index (χ1) is 10.3. The first kappa shape index (κ1) is 17.3. The first-order valence-electron chi connectivity index (χ1n) is 8.90. The summed E-state index contributed by atoms with van der Waals surface area (Å²) in [5, 5.41) is 3.56. The fourth-order valence-corrected chi connectivity index (χ4v) is 3.83. The van der Waals surface area contributed by atoms with Gasteiger partial charge in [0.25, 0.3) is 0 Å². The quantitative estimate of drug-likeness (QED) is 0.824. The van der Waals surface area contributed by atoms with Crippen LogP contribution in [0.3, 0.4) is 0 Å². The van der Waals surface area contributed by atoms with Crippen molar-refractivity contribution in [2.45, 2.75) is 85.4 Å². The van der Waals surface area contributed by atoms with Crippen LogP contribution < -0.4 is 10.2 Å². The van der Waals surface area contributed by atoms with Gasteiger partial charge in [0.15, 0.2) is 0 Å². The topological polar surface area (TPSA) is 15.3 Å². The minimum atomic E-state index is 0.257. The molecule has 1 heterocycles. The molecular weight excluding hydrogens is 268 g/mol. The van der Waals surface area contributed by atoms with Gasteiger partial charge in [0.2, 0.25) is 0 Å². The normalized spacial score (nSPS) is 20.4. The molecule has 0 saturated heterocycles. The fourth-order valence-electron chi connectivity index (χ4n) is 3.83. The molecule has 0 aromatic heterocycles. The number of benzene rings is 1. The van der Waals surface area contributed by atoms with E-state index in [2.05, 4.69) is 70.8 Å². The van der Waals surface area contributed by atoms with Crippen LogP contribution in [-0.4, -0.2) is 18.1 Å². The van der Waals surface area contributed by atoms with E-state index < -0.39 is 0 Å². The summed E-state index contributed by atoms with van der Waals surface area (Å²) in [5.74, 6) is 0.636. The molecule has 0 bridgehead atoms. The molecule has 22 heavy (non-hydrogen) atoms. The zero-order chi connectivity index (χ0) is 16.5. The number of hydrogen-bond acceptors (Lipinski definition) is 2. The van der Waals surface area contributed by atoms with Crippen molar-refractivity contribution in [3.63, 3.8) is 0 Å². The zero-order valence-electron chi connectivity index (χ0n) is 15.6. The molecule has 2 heteroatoms. The molecule has 0 unspecified atom stereocenters. The second-order valence-corrected chi connectivity index (χ2v) is 7.94. The van der Waals surface area contributed by atoms with E-state index in [1.807, 2.05) is 0 Å². The number of anilines is 1. The summed E-state index contributed by atoms with van der Waals surface area (Å²) >= 11 is 0. The molecule has 0 spiro atoms. The Kier molecular flexibility index (Phi) is 5.21. The summed E-state index contributed by atoms with van der Waals surface area (Å²) in [7, 11) is 0. The van der Waals surface area contributed by atoms with Gasteiger partial charge < -0.3 is 10.2 Å².